The standard InChI is InChI=1S/C12H19N3O2S/c1-9(7-8-18(2)17)14-12(16)10-3-5-11(15-13)6-4-10/h3-6,9,15H,7-8,13H2,1-2H3,(H,14,16). The first-order valence-electron chi connectivity index (χ1n) is 5.70. The summed E-state index contributed by atoms with van der Waals surface area (Å²) in [6, 6.07) is 6.89. The van der Waals surface area contributed by atoms with Crippen LogP contribution in [-0.2, 0) is 10.8 Å². The van der Waals surface area contributed by atoms with Crippen LogP contribution >= 0.6 is 0 Å². The molecule has 6 heteroatoms. The number of nitrogens with two attached hydrogens (primary N) is 1. The molecule has 0 aromatic heterocycles. The molecule has 1 amide bonds. The van der Waals surface area contributed by atoms with Crippen molar-refractivity contribution in [3.63, 3.8) is 0 Å². The number of nitrogens with one attached hydrogen (secondary N) is 2. The fourth-order valence-electron chi connectivity index (χ4n) is 1.44. The van der Waals surface area contributed by atoms with Crippen LogP contribution in [-0.4, -0.2) is 28.2 Å². The Bertz CT molecular complexity index is 420. The highest BCUT2D eigenvalue weighted by atomic mass is 32.2. The van der Waals surface area contributed by atoms with Crippen LogP contribution in [0.3, 0.4) is 0 Å². The lowest BCUT2D eigenvalue weighted by molar-refractivity contribution is 0.0939. The van der Waals surface area contributed by atoms with Crippen molar-refractivity contribution < 1.29 is 9.00 Å². The maximum Gasteiger partial charge on any atom is 0.251 e. The number of carbonyl (C=O) groups excluding carboxylic acids is 1. The van der Waals surface area contributed by atoms with Crippen LogP contribution in [0.2, 0.25) is 0 Å². The van der Waals surface area contributed by atoms with E-state index in [9.17, 15) is 9.00 Å². The van der Waals surface area contributed by atoms with E-state index >= 15 is 0 Å². The molecule has 0 aliphatic carbocycles. The Morgan fingerprint density at radius 1 is 1.39 bits per heavy atom. The molecule has 18 heavy (non-hydrogen) atoms. The zero-order valence-corrected chi connectivity index (χ0v) is 11.4. The lowest BCUT2D eigenvalue weighted by Gasteiger charge is -2.13. The molecule has 0 spiro atoms. The molecule has 0 saturated carbocycles. The summed E-state index contributed by atoms with van der Waals surface area (Å²) in [5, 5.41) is 2.86. The number of rotatable bonds is 6. The molecule has 4 N–H and O–H groups in total. The van der Waals surface area contributed by atoms with Gasteiger partial charge >= 0.3 is 0 Å². The van der Waals surface area contributed by atoms with Crippen molar-refractivity contribution in [2.24, 2.45) is 5.84 Å². The zero-order chi connectivity index (χ0) is 13.5. The van der Waals surface area contributed by atoms with Gasteiger partial charge in [-0.2, -0.15) is 0 Å². The molecule has 0 fully saturated rings. The molecule has 100 valence electrons. The third kappa shape index (κ3) is 4.85. The van der Waals surface area contributed by atoms with Gasteiger partial charge in [-0.1, -0.05) is 0 Å². The van der Waals surface area contributed by atoms with Gasteiger partial charge in [0.1, 0.15) is 0 Å². The van der Waals surface area contributed by atoms with Gasteiger partial charge in [0, 0.05) is 40.1 Å². The molecule has 0 heterocycles. The Balaban J connectivity index is 2.50. The number of hydrazine groups is 1. The van der Waals surface area contributed by atoms with Crippen LogP contribution in [0.1, 0.15) is 23.7 Å². The molecular formula is C12H19N3O2S. The molecule has 0 radical (unpaired) electrons. The zero-order valence-electron chi connectivity index (χ0n) is 10.6. The fourth-order valence-corrected chi connectivity index (χ4v) is 2.13. The number of anilines is 1. The quantitative estimate of drug-likeness (QED) is 0.528. The van der Waals surface area contributed by atoms with Gasteiger partial charge in [0.2, 0.25) is 0 Å². The summed E-state index contributed by atoms with van der Waals surface area (Å²) >= 11 is 0. The summed E-state index contributed by atoms with van der Waals surface area (Å²) in [7, 11) is -0.823. The molecule has 1 aromatic rings. The third-order valence-electron chi connectivity index (χ3n) is 2.53. The van der Waals surface area contributed by atoms with Gasteiger partial charge in [0.05, 0.1) is 0 Å². The third-order valence-corrected chi connectivity index (χ3v) is 3.34. The van der Waals surface area contributed by atoms with Gasteiger partial charge in [-0.3, -0.25) is 14.8 Å². The first kappa shape index (κ1) is 14.7. The van der Waals surface area contributed by atoms with E-state index in [0.717, 1.165) is 5.69 Å². The molecule has 5 nitrogen and oxygen atoms in total. The van der Waals surface area contributed by atoms with E-state index < -0.39 is 10.8 Å². The highest BCUT2D eigenvalue weighted by molar-refractivity contribution is 7.84. The van der Waals surface area contributed by atoms with Crippen molar-refractivity contribution in [1.82, 2.24) is 5.32 Å². The Morgan fingerprint density at radius 2 is 2.00 bits per heavy atom. The number of nitrogen functional groups attached to an aromatic ring is 1. The molecule has 2 unspecified atom stereocenters. The van der Waals surface area contributed by atoms with Gasteiger partial charge in [-0.15, -0.1) is 0 Å². The minimum atomic E-state index is -0.823. The maximum atomic E-state index is 11.9. The Labute approximate surface area is 110 Å². The molecule has 0 aliphatic heterocycles. The summed E-state index contributed by atoms with van der Waals surface area (Å²) in [6.45, 7) is 1.90. The minimum absolute atomic E-state index is 0.00806. The highest BCUT2D eigenvalue weighted by Gasteiger charge is 2.09. The molecule has 1 aromatic carbocycles. The normalized spacial score (nSPS) is 13.7. The van der Waals surface area contributed by atoms with Crippen LogP contribution in [0.5, 0.6) is 0 Å². The maximum absolute atomic E-state index is 11.9. The lowest BCUT2D eigenvalue weighted by atomic mass is 10.1. The van der Waals surface area contributed by atoms with Crippen LogP contribution in [0.25, 0.3) is 0 Å². The molecule has 0 aliphatic rings. The number of amides is 1. The van der Waals surface area contributed by atoms with E-state index in [2.05, 4.69) is 10.7 Å². The molecular weight excluding hydrogens is 250 g/mol. The molecule has 0 saturated heterocycles. The van der Waals surface area contributed by atoms with Gasteiger partial charge in [-0.25, -0.2) is 0 Å². The fraction of sp³-hybridized carbons (Fsp3) is 0.417. The number of carbonyl (C=O) groups is 1. The van der Waals surface area contributed by atoms with Crippen molar-refractivity contribution in [2.75, 3.05) is 17.4 Å². The molecule has 0 bridgehead atoms. The van der Waals surface area contributed by atoms with E-state index in [-0.39, 0.29) is 11.9 Å². The van der Waals surface area contributed by atoms with Crippen molar-refractivity contribution in [2.45, 2.75) is 19.4 Å². The smallest absolute Gasteiger partial charge is 0.251 e. The van der Waals surface area contributed by atoms with Gasteiger partial charge in [-0.05, 0) is 37.6 Å². The summed E-state index contributed by atoms with van der Waals surface area (Å²) < 4.78 is 11.0. The first-order chi connectivity index (χ1) is 8.52. The predicted molar refractivity (Wildman–Crippen MR) is 74.7 cm³/mol. The van der Waals surface area contributed by atoms with Gasteiger partial charge in [0.25, 0.3) is 5.91 Å². The molecule has 1 rings (SSSR count). The summed E-state index contributed by atoms with van der Waals surface area (Å²) in [4.78, 5) is 11.9. The Hall–Kier alpha value is -1.40. The number of hydrogen-bond acceptors (Lipinski definition) is 4. The minimum Gasteiger partial charge on any atom is -0.350 e. The lowest BCUT2D eigenvalue weighted by Crippen LogP contribution is -2.33. The van der Waals surface area contributed by atoms with Crippen LogP contribution in [0.15, 0.2) is 24.3 Å². The van der Waals surface area contributed by atoms with E-state index in [0.29, 0.717) is 17.7 Å². The summed E-state index contributed by atoms with van der Waals surface area (Å²) in [5.41, 5.74) is 3.83. The number of benzene rings is 1. The van der Waals surface area contributed by atoms with Crippen LogP contribution in [0.4, 0.5) is 5.69 Å². The summed E-state index contributed by atoms with van der Waals surface area (Å²) in [6.07, 6.45) is 2.37. The topological polar surface area (TPSA) is 84.2 Å². The predicted octanol–water partition coefficient (Wildman–Crippen LogP) is 0.859. The van der Waals surface area contributed by atoms with Crippen LogP contribution in [0, 0.1) is 0 Å². The van der Waals surface area contributed by atoms with Gasteiger partial charge < -0.3 is 10.7 Å². The Morgan fingerprint density at radius 3 is 2.50 bits per heavy atom. The van der Waals surface area contributed by atoms with Crippen molar-refractivity contribution in [1.29, 1.82) is 0 Å². The number of hydrogen-bond donors (Lipinski definition) is 3. The second-order valence-corrected chi connectivity index (χ2v) is 5.72. The average molecular weight is 269 g/mol. The monoisotopic (exact) mass is 269 g/mol. The largest absolute Gasteiger partial charge is 0.350 e. The highest BCUT2D eigenvalue weighted by Crippen LogP contribution is 2.08. The first-order valence-corrected chi connectivity index (χ1v) is 7.43. The Kier molecular flexibility index (Phi) is 5.80. The van der Waals surface area contributed by atoms with E-state index in [1.54, 1.807) is 30.5 Å². The SMILES string of the molecule is CC(CCS(C)=O)NC(=O)c1ccc(NN)cc1. The van der Waals surface area contributed by atoms with Crippen molar-refractivity contribution in [3.05, 3.63) is 29.8 Å². The molecule has 2 atom stereocenters. The summed E-state index contributed by atoms with van der Waals surface area (Å²) in [5.74, 6) is 5.71. The van der Waals surface area contributed by atoms with Crippen molar-refractivity contribution >= 4 is 22.4 Å². The second kappa shape index (κ2) is 7.13. The second-order valence-electron chi connectivity index (χ2n) is 4.16. The van der Waals surface area contributed by atoms with E-state index in [4.69, 9.17) is 5.84 Å². The van der Waals surface area contributed by atoms with Crippen molar-refractivity contribution in [3.8, 4) is 0 Å². The van der Waals surface area contributed by atoms with Crippen LogP contribution < -0.4 is 16.6 Å². The average Bonchev–Trinajstić information content (AvgIpc) is 2.36. The van der Waals surface area contributed by atoms with Gasteiger partial charge in [0.15, 0.2) is 0 Å². The van der Waals surface area contributed by atoms with E-state index in [1.165, 1.54) is 0 Å². The van der Waals surface area contributed by atoms with E-state index in [1.807, 2.05) is 6.92 Å².